The number of fused-ring (bicyclic) bond motifs is 3. The van der Waals surface area contributed by atoms with Crippen LogP contribution in [0.5, 0.6) is 0 Å². The third-order valence-corrected chi connectivity index (χ3v) is 3.97. The number of nitrogens with zero attached hydrogens (tertiary/aromatic N) is 3. The van der Waals surface area contributed by atoms with E-state index in [1.54, 1.807) is 0 Å². The average molecular weight is 236 g/mol. The molecule has 3 aliphatic heterocycles. The van der Waals surface area contributed by atoms with Crippen LogP contribution in [-0.2, 0) is 6.42 Å². The van der Waals surface area contributed by atoms with Crippen LogP contribution < -0.4 is 5.32 Å². The Balaban J connectivity index is 1.45. The van der Waals surface area contributed by atoms with Crippen LogP contribution in [0.1, 0.15) is 24.6 Å². The van der Waals surface area contributed by atoms with Crippen molar-refractivity contribution in [2.24, 2.45) is 5.92 Å². The molecule has 4 heterocycles. The van der Waals surface area contributed by atoms with Gasteiger partial charge in [-0.1, -0.05) is 5.16 Å². The fourth-order valence-corrected chi connectivity index (χ4v) is 3.00. The lowest BCUT2D eigenvalue weighted by Gasteiger charge is -2.45. The summed E-state index contributed by atoms with van der Waals surface area (Å²) in [5.41, 5.74) is 0. The van der Waals surface area contributed by atoms with Gasteiger partial charge in [-0.3, -0.25) is 0 Å². The monoisotopic (exact) mass is 236 g/mol. The van der Waals surface area contributed by atoms with Crippen LogP contribution in [0.3, 0.4) is 0 Å². The van der Waals surface area contributed by atoms with E-state index in [0.29, 0.717) is 6.04 Å². The van der Waals surface area contributed by atoms with E-state index in [0.717, 1.165) is 30.6 Å². The first-order chi connectivity index (χ1) is 8.31. The molecule has 0 radical (unpaired) electrons. The number of piperidine rings is 3. The average Bonchev–Trinajstić information content (AvgIpc) is 2.77. The summed E-state index contributed by atoms with van der Waals surface area (Å²) in [5.74, 6) is 2.35. The molecule has 94 valence electrons. The molecule has 0 spiro atoms. The molecule has 0 saturated carbocycles. The fraction of sp³-hybridized carbons (Fsp3) is 0.833. The predicted octanol–water partition coefficient (Wildman–Crippen LogP) is 0.604. The fourth-order valence-electron chi connectivity index (χ4n) is 3.00. The van der Waals surface area contributed by atoms with Gasteiger partial charge in [0.05, 0.1) is 0 Å². The van der Waals surface area contributed by atoms with Gasteiger partial charge in [-0.2, -0.15) is 4.98 Å². The molecule has 17 heavy (non-hydrogen) atoms. The zero-order valence-electron chi connectivity index (χ0n) is 10.4. The summed E-state index contributed by atoms with van der Waals surface area (Å²) in [7, 11) is 0. The summed E-state index contributed by atoms with van der Waals surface area (Å²) < 4.78 is 5.10. The molecular weight excluding hydrogens is 216 g/mol. The zero-order chi connectivity index (χ0) is 11.7. The summed E-state index contributed by atoms with van der Waals surface area (Å²) in [5, 5.41) is 7.44. The Bertz CT molecular complexity index is 370. The summed E-state index contributed by atoms with van der Waals surface area (Å²) in [4.78, 5) is 6.78. The van der Waals surface area contributed by atoms with Crippen molar-refractivity contribution in [3.63, 3.8) is 0 Å². The molecule has 1 N–H and O–H groups in total. The standard InChI is InChI=1S/C12H20N4O/c1-9-14-12(17-15-9)2-5-13-11-8-16-6-3-10(11)4-7-16/h10-11,13H,2-8H2,1H3. The highest BCUT2D eigenvalue weighted by Crippen LogP contribution is 2.27. The Kier molecular flexibility index (Phi) is 3.11. The molecule has 1 unspecified atom stereocenters. The van der Waals surface area contributed by atoms with E-state index in [4.69, 9.17) is 4.52 Å². The number of hydrogen-bond donors (Lipinski definition) is 1. The van der Waals surface area contributed by atoms with Crippen LogP contribution in [0.25, 0.3) is 0 Å². The second-order valence-corrected chi connectivity index (χ2v) is 5.18. The van der Waals surface area contributed by atoms with Crippen molar-refractivity contribution in [3.05, 3.63) is 11.7 Å². The largest absolute Gasteiger partial charge is 0.339 e. The number of aromatic nitrogens is 2. The smallest absolute Gasteiger partial charge is 0.227 e. The van der Waals surface area contributed by atoms with Crippen molar-refractivity contribution in [1.29, 1.82) is 0 Å². The predicted molar refractivity (Wildman–Crippen MR) is 63.7 cm³/mol. The zero-order valence-corrected chi connectivity index (χ0v) is 10.4. The van der Waals surface area contributed by atoms with Crippen LogP contribution in [0.4, 0.5) is 0 Å². The van der Waals surface area contributed by atoms with E-state index in [9.17, 15) is 0 Å². The minimum absolute atomic E-state index is 0.668. The van der Waals surface area contributed by atoms with Crippen LogP contribution in [0.15, 0.2) is 4.52 Å². The molecule has 3 fully saturated rings. The number of rotatable bonds is 4. The van der Waals surface area contributed by atoms with Gasteiger partial charge in [0.25, 0.3) is 0 Å². The molecule has 4 rings (SSSR count). The number of nitrogens with one attached hydrogen (secondary N) is 1. The maximum absolute atomic E-state index is 5.10. The van der Waals surface area contributed by atoms with E-state index in [1.807, 2.05) is 6.92 Å². The van der Waals surface area contributed by atoms with Gasteiger partial charge in [-0.05, 0) is 38.8 Å². The van der Waals surface area contributed by atoms with Crippen LogP contribution >= 0.6 is 0 Å². The van der Waals surface area contributed by atoms with E-state index in [2.05, 4.69) is 20.4 Å². The normalized spacial score (nSPS) is 31.9. The summed E-state index contributed by atoms with van der Waals surface area (Å²) >= 11 is 0. The van der Waals surface area contributed by atoms with Crippen molar-refractivity contribution in [2.45, 2.75) is 32.2 Å². The molecular formula is C12H20N4O. The topological polar surface area (TPSA) is 54.2 Å². The van der Waals surface area contributed by atoms with E-state index < -0.39 is 0 Å². The lowest BCUT2D eigenvalue weighted by atomic mass is 9.84. The van der Waals surface area contributed by atoms with Crippen LogP contribution in [-0.4, -0.2) is 47.3 Å². The maximum Gasteiger partial charge on any atom is 0.227 e. The van der Waals surface area contributed by atoms with Crippen molar-refractivity contribution in [1.82, 2.24) is 20.4 Å². The van der Waals surface area contributed by atoms with Gasteiger partial charge in [-0.15, -0.1) is 0 Å². The highest BCUT2D eigenvalue weighted by Gasteiger charge is 2.33. The van der Waals surface area contributed by atoms with Gasteiger partial charge in [0.15, 0.2) is 5.82 Å². The minimum Gasteiger partial charge on any atom is -0.339 e. The number of hydrogen-bond acceptors (Lipinski definition) is 5. The van der Waals surface area contributed by atoms with Crippen LogP contribution in [0.2, 0.25) is 0 Å². The molecule has 0 amide bonds. The van der Waals surface area contributed by atoms with Crippen LogP contribution in [0, 0.1) is 12.8 Å². The van der Waals surface area contributed by atoms with Gasteiger partial charge in [0, 0.05) is 25.6 Å². The second kappa shape index (κ2) is 4.74. The first kappa shape index (κ1) is 11.2. The van der Waals surface area contributed by atoms with Gasteiger partial charge in [0.2, 0.25) is 5.89 Å². The highest BCUT2D eigenvalue weighted by atomic mass is 16.5. The van der Waals surface area contributed by atoms with Crippen molar-refractivity contribution >= 4 is 0 Å². The first-order valence-corrected chi connectivity index (χ1v) is 6.56. The van der Waals surface area contributed by atoms with Gasteiger partial charge < -0.3 is 14.7 Å². The number of aryl methyl sites for hydroxylation is 1. The highest BCUT2D eigenvalue weighted by molar-refractivity contribution is 4.91. The molecule has 3 aliphatic rings. The second-order valence-electron chi connectivity index (χ2n) is 5.18. The lowest BCUT2D eigenvalue weighted by Crippen LogP contribution is -2.56. The van der Waals surface area contributed by atoms with Crippen molar-refractivity contribution < 1.29 is 4.52 Å². The Morgan fingerprint density at radius 2 is 2.24 bits per heavy atom. The Morgan fingerprint density at radius 3 is 2.82 bits per heavy atom. The Morgan fingerprint density at radius 1 is 1.41 bits per heavy atom. The van der Waals surface area contributed by atoms with Gasteiger partial charge in [-0.25, -0.2) is 0 Å². The summed E-state index contributed by atoms with van der Waals surface area (Å²) in [6.07, 6.45) is 3.55. The van der Waals surface area contributed by atoms with Crippen molar-refractivity contribution in [3.8, 4) is 0 Å². The van der Waals surface area contributed by atoms with Crippen molar-refractivity contribution in [2.75, 3.05) is 26.2 Å². The molecule has 1 atom stereocenters. The third kappa shape index (κ3) is 2.50. The first-order valence-electron chi connectivity index (χ1n) is 6.56. The molecule has 2 bridgehead atoms. The Labute approximate surface area is 102 Å². The van der Waals surface area contributed by atoms with E-state index in [-0.39, 0.29) is 0 Å². The van der Waals surface area contributed by atoms with E-state index in [1.165, 1.54) is 32.5 Å². The molecule has 0 aromatic carbocycles. The summed E-state index contributed by atoms with van der Waals surface area (Å²) in [6, 6.07) is 0.668. The molecule has 1 aromatic rings. The summed E-state index contributed by atoms with van der Waals surface area (Å²) in [6.45, 7) is 6.61. The Hall–Kier alpha value is -0.940. The van der Waals surface area contributed by atoms with E-state index >= 15 is 0 Å². The minimum atomic E-state index is 0.668. The van der Waals surface area contributed by atoms with Gasteiger partial charge in [0.1, 0.15) is 0 Å². The molecule has 3 saturated heterocycles. The molecule has 0 aliphatic carbocycles. The molecule has 5 heteroatoms. The third-order valence-electron chi connectivity index (χ3n) is 3.97. The SMILES string of the molecule is Cc1noc(CCNC2CN3CCC2CC3)n1. The lowest BCUT2D eigenvalue weighted by molar-refractivity contribution is 0.0728. The molecule has 5 nitrogen and oxygen atoms in total. The van der Waals surface area contributed by atoms with Gasteiger partial charge >= 0.3 is 0 Å². The molecule has 1 aromatic heterocycles. The quantitative estimate of drug-likeness (QED) is 0.830. The maximum atomic E-state index is 5.10.